The molecule has 0 aromatic heterocycles. The average molecular weight is 253 g/mol. The second-order valence-electron chi connectivity index (χ2n) is 5.92. The summed E-state index contributed by atoms with van der Waals surface area (Å²) in [6.45, 7) is 5.76. The molecule has 2 rings (SSSR count). The number of nitriles is 1. The van der Waals surface area contributed by atoms with Crippen LogP contribution in [0.3, 0.4) is 0 Å². The molecule has 0 spiro atoms. The number of hydrogen-bond acceptors (Lipinski definition) is 4. The van der Waals surface area contributed by atoms with Gasteiger partial charge in [-0.25, -0.2) is 0 Å². The molecule has 18 heavy (non-hydrogen) atoms. The van der Waals surface area contributed by atoms with Crippen molar-refractivity contribution in [1.29, 1.82) is 5.26 Å². The van der Waals surface area contributed by atoms with Crippen LogP contribution >= 0.6 is 0 Å². The predicted molar refractivity (Wildman–Crippen MR) is 66.9 cm³/mol. The molecular formula is C14H23NO3. The van der Waals surface area contributed by atoms with Crippen LogP contribution in [0.2, 0.25) is 0 Å². The Morgan fingerprint density at radius 2 is 1.89 bits per heavy atom. The first-order valence-corrected chi connectivity index (χ1v) is 6.85. The predicted octanol–water partition coefficient (Wildman–Crippen LogP) is 2.02. The van der Waals surface area contributed by atoms with E-state index in [1.807, 2.05) is 6.92 Å². The van der Waals surface area contributed by atoms with Crippen molar-refractivity contribution < 1.29 is 14.6 Å². The van der Waals surface area contributed by atoms with E-state index in [1.165, 1.54) is 0 Å². The molecule has 0 amide bonds. The van der Waals surface area contributed by atoms with Crippen molar-refractivity contribution in [2.75, 3.05) is 19.8 Å². The quantitative estimate of drug-likeness (QED) is 0.817. The van der Waals surface area contributed by atoms with Crippen LogP contribution in [0.4, 0.5) is 0 Å². The number of rotatable bonds is 2. The van der Waals surface area contributed by atoms with Crippen molar-refractivity contribution >= 4 is 0 Å². The highest BCUT2D eigenvalue weighted by Gasteiger charge is 2.55. The van der Waals surface area contributed by atoms with Crippen molar-refractivity contribution in [3.63, 3.8) is 0 Å². The highest BCUT2D eigenvalue weighted by atomic mass is 16.5. The van der Waals surface area contributed by atoms with Gasteiger partial charge in [-0.2, -0.15) is 5.26 Å². The van der Waals surface area contributed by atoms with Crippen LogP contribution in [0.1, 0.15) is 46.0 Å². The van der Waals surface area contributed by atoms with Gasteiger partial charge in [0.1, 0.15) is 0 Å². The molecule has 0 aliphatic carbocycles. The third kappa shape index (κ3) is 2.16. The minimum absolute atomic E-state index is 0.310. The topological polar surface area (TPSA) is 62.5 Å². The van der Waals surface area contributed by atoms with E-state index in [-0.39, 0.29) is 5.60 Å². The van der Waals surface area contributed by atoms with Crippen LogP contribution in [0.5, 0.6) is 0 Å². The summed E-state index contributed by atoms with van der Waals surface area (Å²) in [7, 11) is 0. The van der Waals surface area contributed by atoms with Gasteiger partial charge in [0.2, 0.25) is 0 Å². The van der Waals surface area contributed by atoms with Gasteiger partial charge in [-0.3, -0.25) is 0 Å². The second kappa shape index (κ2) is 4.80. The molecule has 4 heteroatoms. The van der Waals surface area contributed by atoms with Crippen LogP contribution in [0.15, 0.2) is 0 Å². The Kier molecular flexibility index (Phi) is 3.68. The van der Waals surface area contributed by atoms with Crippen LogP contribution < -0.4 is 0 Å². The Morgan fingerprint density at radius 3 is 2.44 bits per heavy atom. The van der Waals surface area contributed by atoms with E-state index in [4.69, 9.17) is 9.47 Å². The zero-order valence-electron chi connectivity index (χ0n) is 11.4. The van der Waals surface area contributed by atoms with Crippen LogP contribution in [-0.2, 0) is 9.47 Å². The lowest BCUT2D eigenvalue weighted by Gasteiger charge is -2.51. The van der Waals surface area contributed by atoms with E-state index < -0.39 is 11.0 Å². The molecule has 4 nitrogen and oxygen atoms in total. The molecule has 0 radical (unpaired) electrons. The molecule has 0 aromatic carbocycles. The lowest BCUT2D eigenvalue weighted by Crippen LogP contribution is -2.58. The Balaban J connectivity index is 2.26. The summed E-state index contributed by atoms with van der Waals surface area (Å²) < 4.78 is 11.1. The summed E-state index contributed by atoms with van der Waals surface area (Å²) in [6.07, 6.45) is 3.20. The number of ether oxygens (including phenoxy) is 2. The molecule has 2 atom stereocenters. The molecule has 0 saturated carbocycles. The lowest BCUT2D eigenvalue weighted by molar-refractivity contribution is -0.202. The Bertz CT molecular complexity index is 345. The fourth-order valence-corrected chi connectivity index (χ4v) is 3.26. The van der Waals surface area contributed by atoms with Crippen molar-refractivity contribution in [1.82, 2.24) is 0 Å². The third-order valence-electron chi connectivity index (χ3n) is 4.83. The van der Waals surface area contributed by atoms with E-state index in [0.717, 1.165) is 6.42 Å². The summed E-state index contributed by atoms with van der Waals surface area (Å²) >= 11 is 0. The molecule has 2 fully saturated rings. The fraction of sp³-hybridized carbons (Fsp3) is 0.929. The Morgan fingerprint density at radius 1 is 1.22 bits per heavy atom. The summed E-state index contributed by atoms with van der Waals surface area (Å²) in [6, 6.07) is 2.40. The molecule has 2 unspecified atom stereocenters. The van der Waals surface area contributed by atoms with E-state index in [0.29, 0.717) is 45.5 Å². The van der Waals surface area contributed by atoms with Gasteiger partial charge < -0.3 is 14.6 Å². The number of hydrogen-bond donors (Lipinski definition) is 1. The minimum atomic E-state index is -0.936. The Labute approximate surface area is 109 Å². The fourth-order valence-electron chi connectivity index (χ4n) is 3.26. The van der Waals surface area contributed by atoms with Crippen LogP contribution in [0.25, 0.3) is 0 Å². The van der Waals surface area contributed by atoms with E-state index in [9.17, 15) is 10.4 Å². The SMILES string of the molecule is CCC1(C)CC(O)(C2(C#N)CCOCC2)CCO1. The van der Waals surface area contributed by atoms with E-state index in [2.05, 4.69) is 13.0 Å². The summed E-state index contributed by atoms with van der Waals surface area (Å²) in [5.41, 5.74) is -1.91. The normalized spacial score (nSPS) is 40.1. The summed E-state index contributed by atoms with van der Waals surface area (Å²) in [5.74, 6) is 0. The number of nitrogens with zero attached hydrogens (tertiary/aromatic N) is 1. The summed E-state index contributed by atoms with van der Waals surface area (Å²) in [5, 5.41) is 20.7. The standard InChI is InChI=1S/C14H23NO3/c1-3-12(2)10-14(16,6-9-18-12)13(11-15)4-7-17-8-5-13/h16H,3-10H2,1-2H3. The zero-order valence-corrected chi connectivity index (χ0v) is 11.4. The average Bonchev–Trinajstić information content (AvgIpc) is 2.39. The largest absolute Gasteiger partial charge is 0.388 e. The van der Waals surface area contributed by atoms with Gasteiger partial charge in [-0.15, -0.1) is 0 Å². The highest BCUT2D eigenvalue weighted by molar-refractivity contribution is 5.15. The molecule has 0 aromatic rings. The van der Waals surface area contributed by atoms with E-state index in [1.54, 1.807) is 0 Å². The monoisotopic (exact) mass is 253 g/mol. The first kappa shape index (κ1) is 13.8. The third-order valence-corrected chi connectivity index (χ3v) is 4.83. The zero-order chi connectivity index (χ0) is 13.3. The van der Waals surface area contributed by atoms with Gasteiger partial charge in [0.05, 0.1) is 29.3 Å². The molecule has 2 saturated heterocycles. The van der Waals surface area contributed by atoms with Crippen molar-refractivity contribution in [2.24, 2.45) is 5.41 Å². The maximum atomic E-state index is 11.1. The van der Waals surface area contributed by atoms with Gasteiger partial charge in [-0.05, 0) is 26.2 Å². The second-order valence-corrected chi connectivity index (χ2v) is 5.92. The lowest BCUT2D eigenvalue weighted by atomic mass is 9.61. The Hall–Kier alpha value is -0.630. The molecule has 2 aliphatic rings. The van der Waals surface area contributed by atoms with Gasteiger partial charge in [0, 0.05) is 26.1 Å². The molecular weight excluding hydrogens is 230 g/mol. The van der Waals surface area contributed by atoms with Gasteiger partial charge in [-0.1, -0.05) is 6.92 Å². The molecule has 102 valence electrons. The number of aliphatic hydroxyl groups is 1. The first-order chi connectivity index (χ1) is 8.49. The minimum Gasteiger partial charge on any atom is -0.388 e. The van der Waals surface area contributed by atoms with Crippen LogP contribution in [-0.4, -0.2) is 36.1 Å². The molecule has 2 heterocycles. The maximum Gasteiger partial charge on any atom is 0.0905 e. The smallest absolute Gasteiger partial charge is 0.0905 e. The van der Waals surface area contributed by atoms with Gasteiger partial charge in [0.15, 0.2) is 0 Å². The van der Waals surface area contributed by atoms with Gasteiger partial charge in [0.25, 0.3) is 0 Å². The van der Waals surface area contributed by atoms with Crippen molar-refractivity contribution in [3.05, 3.63) is 0 Å². The van der Waals surface area contributed by atoms with Crippen molar-refractivity contribution in [2.45, 2.75) is 57.2 Å². The van der Waals surface area contributed by atoms with Gasteiger partial charge >= 0.3 is 0 Å². The van der Waals surface area contributed by atoms with E-state index >= 15 is 0 Å². The maximum absolute atomic E-state index is 11.1. The summed E-state index contributed by atoms with van der Waals surface area (Å²) in [4.78, 5) is 0. The van der Waals surface area contributed by atoms with Crippen molar-refractivity contribution in [3.8, 4) is 6.07 Å². The highest BCUT2D eigenvalue weighted by Crippen LogP contribution is 2.49. The molecule has 1 N–H and O–H groups in total. The van der Waals surface area contributed by atoms with Crippen LogP contribution in [0, 0.1) is 16.7 Å². The molecule has 2 aliphatic heterocycles. The first-order valence-electron chi connectivity index (χ1n) is 6.85. The molecule has 0 bridgehead atoms.